The van der Waals surface area contributed by atoms with Crippen molar-refractivity contribution in [3.63, 3.8) is 0 Å². The quantitative estimate of drug-likeness (QED) is 0.0272. The standard InChI is InChI=1S/C52H95N2O6P/c1-3-5-7-9-11-13-15-17-19-21-23-25-27-29-31-33-35-37-39-41-43-45-51(55)50(49-60-61(57,58)59-48-47-53)54-52(56)46-44-42-40-38-36-34-32-30-28-26-24-22-20-18-16-14-12-10-8-6-4-2/h6,8,12,14,18,20,24,26,30,32,43,45,50-51,55H,3-5,7,9-11,13,15-17,19,21-23,25,27-29,31,33-42,44,46-49,53H2,1-2H3,(H,54,56)(H,57,58)/b8-6-,14-12-,20-18-,26-24-,32-30-,45-43+. The Balaban J connectivity index is 4.18. The molecule has 0 aliphatic rings. The summed E-state index contributed by atoms with van der Waals surface area (Å²) in [5, 5.41) is 13.7. The van der Waals surface area contributed by atoms with E-state index in [9.17, 15) is 19.4 Å². The summed E-state index contributed by atoms with van der Waals surface area (Å²) in [6.07, 6.45) is 62.4. The van der Waals surface area contributed by atoms with Crippen molar-refractivity contribution in [2.24, 2.45) is 5.73 Å². The van der Waals surface area contributed by atoms with E-state index in [-0.39, 0.29) is 25.7 Å². The lowest BCUT2D eigenvalue weighted by atomic mass is 10.0. The fourth-order valence-corrected chi connectivity index (χ4v) is 7.80. The number of aliphatic hydroxyl groups excluding tert-OH is 1. The normalized spacial score (nSPS) is 14.5. The summed E-state index contributed by atoms with van der Waals surface area (Å²) in [4.78, 5) is 22.8. The largest absolute Gasteiger partial charge is 0.472 e. The van der Waals surface area contributed by atoms with Crippen LogP contribution in [-0.4, -0.2) is 47.8 Å². The van der Waals surface area contributed by atoms with Gasteiger partial charge in [0.1, 0.15) is 0 Å². The van der Waals surface area contributed by atoms with Crippen molar-refractivity contribution in [3.05, 3.63) is 72.9 Å². The number of nitrogens with one attached hydrogen (secondary N) is 1. The Labute approximate surface area is 376 Å². The van der Waals surface area contributed by atoms with Crippen molar-refractivity contribution in [1.29, 1.82) is 0 Å². The van der Waals surface area contributed by atoms with Gasteiger partial charge in [0.05, 0.1) is 25.4 Å². The molecule has 0 bridgehead atoms. The number of unbranched alkanes of at least 4 members (excludes halogenated alkanes) is 24. The molecule has 5 N–H and O–H groups in total. The maximum atomic E-state index is 12.8. The van der Waals surface area contributed by atoms with Gasteiger partial charge in [0, 0.05) is 13.0 Å². The number of phosphoric ester groups is 1. The summed E-state index contributed by atoms with van der Waals surface area (Å²) < 4.78 is 22.2. The summed E-state index contributed by atoms with van der Waals surface area (Å²) in [7, 11) is -4.35. The molecule has 0 aromatic heterocycles. The Morgan fingerprint density at radius 1 is 0.557 bits per heavy atom. The zero-order valence-electron chi connectivity index (χ0n) is 39.4. The first kappa shape index (κ1) is 58.9. The molecule has 0 rings (SSSR count). The first-order valence-electron chi connectivity index (χ1n) is 25.1. The van der Waals surface area contributed by atoms with Crippen LogP contribution in [0, 0.1) is 0 Å². The Morgan fingerprint density at radius 3 is 1.39 bits per heavy atom. The minimum atomic E-state index is -4.35. The number of aliphatic hydroxyl groups is 1. The van der Waals surface area contributed by atoms with E-state index < -0.39 is 20.0 Å². The number of phosphoric acid groups is 1. The molecule has 0 saturated carbocycles. The Kier molecular flexibility index (Phi) is 45.8. The predicted octanol–water partition coefficient (Wildman–Crippen LogP) is 14.8. The molecule has 0 saturated heterocycles. The van der Waals surface area contributed by atoms with E-state index in [1.54, 1.807) is 6.08 Å². The number of carbonyl (C=O) groups is 1. The third-order valence-corrected chi connectivity index (χ3v) is 11.8. The summed E-state index contributed by atoms with van der Waals surface area (Å²) in [6.45, 7) is 4.02. The van der Waals surface area contributed by atoms with Crippen LogP contribution >= 0.6 is 7.82 Å². The highest BCUT2D eigenvalue weighted by Gasteiger charge is 2.26. The van der Waals surface area contributed by atoms with E-state index in [1.807, 2.05) is 6.08 Å². The van der Waals surface area contributed by atoms with E-state index in [2.05, 4.69) is 79.9 Å². The average Bonchev–Trinajstić information content (AvgIpc) is 3.25. The molecule has 8 nitrogen and oxygen atoms in total. The highest BCUT2D eigenvalue weighted by molar-refractivity contribution is 7.47. The number of hydrogen-bond donors (Lipinski definition) is 4. The molecule has 0 fully saturated rings. The second-order valence-corrected chi connectivity index (χ2v) is 18.1. The summed E-state index contributed by atoms with van der Waals surface area (Å²) in [6, 6.07) is -0.876. The Bertz CT molecular complexity index is 1180. The summed E-state index contributed by atoms with van der Waals surface area (Å²) in [5.41, 5.74) is 5.39. The van der Waals surface area contributed by atoms with Gasteiger partial charge >= 0.3 is 7.82 Å². The van der Waals surface area contributed by atoms with Gasteiger partial charge in [-0.15, -0.1) is 0 Å². The van der Waals surface area contributed by atoms with Crippen LogP contribution in [0.4, 0.5) is 0 Å². The van der Waals surface area contributed by atoms with Crippen molar-refractivity contribution in [2.45, 2.75) is 231 Å². The van der Waals surface area contributed by atoms with Gasteiger partial charge in [0.25, 0.3) is 0 Å². The Hall–Kier alpha value is -2.06. The van der Waals surface area contributed by atoms with Crippen molar-refractivity contribution in [1.82, 2.24) is 5.32 Å². The third-order valence-electron chi connectivity index (χ3n) is 10.8. The monoisotopic (exact) mass is 875 g/mol. The molecular weight excluding hydrogens is 780 g/mol. The lowest BCUT2D eigenvalue weighted by Crippen LogP contribution is -2.45. The molecule has 0 spiro atoms. The van der Waals surface area contributed by atoms with Crippen molar-refractivity contribution >= 4 is 13.7 Å². The minimum Gasteiger partial charge on any atom is -0.387 e. The van der Waals surface area contributed by atoms with Gasteiger partial charge in [0.15, 0.2) is 0 Å². The second-order valence-electron chi connectivity index (χ2n) is 16.6. The number of carbonyl (C=O) groups excluding carboxylic acids is 1. The molecule has 9 heteroatoms. The number of hydrogen-bond acceptors (Lipinski definition) is 6. The highest BCUT2D eigenvalue weighted by atomic mass is 31.2. The lowest BCUT2D eigenvalue weighted by Gasteiger charge is -2.23. The van der Waals surface area contributed by atoms with Gasteiger partial charge in [-0.25, -0.2) is 4.57 Å². The molecule has 1 amide bonds. The Morgan fingerprint density at radius 2 is 0.951 bits per heavy atom. The third kappa shape index (κ3) is 45.8. The van der Waals surface area contributed by atoms with Crippen LogP contribution in [0.1, 0.15) is 219 Å². The number of amides is 1. The summed E-state index contributed by atoms with van der Waals surface area (Å²) in [5.74, 6) is -0.214. The van der Waals surface area contributed by atoms with Crippen LogP contribution in [0.15, 0.2) is 72.9 Å². The van der Waals surface area contributed by atoms with Crippen molar-refractivity contribution in [3.8, 4) is 0 Å². The SMILES string of the molecule is CC/C=C\C/C=C\C/C=C\C/C=C\C/C=C\CCCCCCCC(=O)NC(COP(=O)(O)OCCN)C(O)/C=C/CCCCCCCCCCCCCCCCCCCCC. The van der Waals surface area contributed by atoms with Gasteiger partial charge in [-0.1, -0.05) is 222 Å². The molecule has 354 valence electrons. The van der Waals surface area contributed by atoms with Gasteiger partial charge in [-0.2, -0.15) is 0 Å². The smallest absolute Gasteiger partial charge is 0.387 e. The molecular formula is C52H95N2O6P. The van der Waals surface area contributed by atoms with Crippen LogP contribution in [-0.2, 0) is 18.4 Å². The van der Waals surface area contributed by atoms with Gasteiger partial charge in [0.2, 0.25) is 5.91 Å². The zero-order chi connectivity index (χ0) is 44.6. The van der Waals surface area contributed by atoms with Gasteiger partial charge in [-0.3, -0.25) is 13.8 Å². The van der Waals surface area contributed by atoms with Crippen molar-refractivity contribution < 1.29 is 28.4 Å². The van der Waals surface area contributed by atoms with Gasteiger partial charge < -0.3 is 21.1 Å². The fraction of sp³-hybridized carbons (Fsp3) is 0.750. The minimum absolute atomic E-state index is 0.0717. The molecule has 61 heavy (non-hydrogen) atoms. The molecule has 0 radical (unpaired) electrons. The fourth-order valence-electron chi connectivity index (χ4n) is 7.04. The second kappa shape index (κ2) is 47.4. The maximum absolute atomic E-state index is 12.8. The van der Waals surface area contributed by atoms with Crippen LogP contribution in [0.2, 0.25) is 0 Å². The van der Waals surface area contributed by atoms with Gasteiger partial charge in [-0.05, 0) is 64.2 Å². The topological polar surface area (TPSA) is 131 Å². The molecule has 3 atom stereocenters. The highest BCUT2D eigenvalue weighted by Crippen LogP contribution is 2.43. The predicted molar refractivity (Wildman–Crippen MR) is 263 cm³/mol. The molecule has 3 unspecified atom stereocenters. The lowest BCUT2D eigenvalue weighted by molar-refractivity contribution is -0.123. The van der Waals surface area contributed by atoms with Crippen LogP contribution in [0.3, 0.4) is 0 Å². The first-order chi connectivity index (χ1) is 29.9. The van der Waals surface area contributed by atoms with E-state index in [0.29, 0.717) is 6.42 Å². The van der Waals surface area contributed by atoms with Crippen LogP contribution in [0.25, 0.3) is 0 Å². The molecule has 0 aliphatic carbocycles. The molecule has 0 aromatic rings. The van der Waals surface area contributed by atoms with E-state index >= 15 is 0 Å². The van der Waals surface area contributed by atoms with E-state index in [1.165, 1.54) is 109 Å². The average molecular weight is 875 g/mol. The first-order valence-corrected chi connectivity index (χ1v) is 26.6. The zero-order valence-corrected chi connectivity index (χ0v) is 40.3. The van der Waals surface area contributed by atoms with Crippen molar-refractivity contribution in [2.75, 3.05) is 19.8 Å². The molecule has 0 aromatic carbocycles. The van der Waals surface area contributed by atoms with Crippen LogP contribution < -0.4 is 11.1 Å². The number of rotatable bonds is 46. The van der Waals surface area contributed by atoms with E-state index in [4.69, 9.17) is 14.8 Å². The number of allylic oxidation sites excluding steroid dienone is 11. The molecule has 0 heterocycles. The van der Waals surface area contributed by atoms with Crippen LogP contribution in [0.5, 0.6) is 0 Å². The molecule has 0 aliphatic heterocycles. The maximum Gasteiger partial charge on any atom is 0.472 e. The van der Waals surface area contributed by atoms with E-state index in [0.717, 1.165) is 89.9 Å². The summed E-state index contributed by atoms with van der Waals surface area (Å²) >= 11 is 0. The number of nitrogens with two attached hydrogens (primary N) is 1.